The number of aliphatic imine (C=N–C) groups is 1. The van der Waals surface area contributed by atoms with Crippen molar-refractivity contribution in [1.29, 1.82) is 0 Å². The summed E-state index contributed by atoms with van der Waals surface area (Å²) in [6.45, 7) is 0.859. The Hall–Kier alpha value is -2.79. The Morgan fingerprint density at radius 1 is 0.933 bits per heavy atom. The standard InChI is InChI=1S/C24H21Cl2N3O/c1-29(2)14-15-3-10-19(11-4-15)27-23(16-5-7-17(25)8-6-16)22-20-12-9-18(26)13-21(20)28-24(22)30/h3-13,28,30H,14H2,1-2H3. The van der Waals surface area contributed by atoms with E-state index in [9.17, 15) is 5.11 Å². The molecular weight excluding hydrogens is 417 g/mol. The zero-order valence-corrected chi connectivity index (χ0v) is 18.2. The molecule has 152 valence electrons. The van der Waals surface area contributed by atoms with Crippen LogP contribution in [0.1, 0.15) is 16.7 Å². The van der Waals surface area contributed by atoms with Crippen LogP contribution in [-0.2, 0) is 6.54 Å². The largest absolute Gasteiger partial charge is 0.494 e. The Morgan fingerprint density at radius 2 is 1.60 bits per heavy atom. The van der Waals surface area contributed by atoms with Crippen molar-refractivity contribution in [1.82, 2.24) is 9.88 Å². The Morgan fingerprint density at radius 3 is 2.27 bits per heavy atom. The van der Waals surface area contributed by atoms with E-state index in [2.05, 4.69) is 22.0 Å². The highest BCUT2D eigenvalue weighted by Crippen LogP contribution is 2.33. The molecule has 4 rings (SSSR count). The first-order valence-electron chi connectivity index (χ1n) is 9.49. The smallest absolute Gasteiger partial charge is 0.199 e. The minimum absolute atomic E-state index is 0.0465. The van der Waals surface area contributed by atoms with E-state index in [1.54, 1.807) is 12.1 Å². The summed E-state index contributed by atoms with van der Waals surface area (Å²) in [6, 6.07) is 21.0. The number of aromatic nitrogens is 1. The van der Waals surface area contributed by atoms with Gasteiger partial charge in [-0.3, -0.25) is 0 Å². The number of aromatic amines is 1. The number of H-pyrrole nitrogens is 1. The molecule has 0 amide bonds. The van der Waals surface area contributed by atoms with Crippen LogP contribution in [0, 0.1) is 0 Å². The van der Waals surface area contributed by atoms with Crippen LogP contribution >= 0.6 is 23.2 Å². The number of hydrogen-bond acceptors (Lipinski definition) is 3. The van der Waals surface area contributed by atoms with Crippen LogP contribution < -0.4 is 0 Å². The summed E-state index contributed by atoms with van der Waals surface area (Å²) in [4.78, 5) is 10.0. The second-order valence-corrected chi connectivity index (χ2v) is 8.28. The minimum atomic E-state index is 0.0465. The molecule has 0 unspecified atom stereocenters. The maximum absolute atomic E-state index is 10.7. The van der Waals surface area contributed by atoms with Crippen LogP contribution in [0.3, 0.4) is 0 Å². The van der Waals surface area contributed by atoms with Gasteiger partial charge in [0.15, 0.2) is 5.88 Å². The molecule has 0 aliphatic carbocycles. The molecule has 1 aromatic heterocycles. The Balaban J connectivity index is 1.87. The van der Waals surface area contributed by atoms with E-state index in [-0.39, 0.29) is 5.88 Å². The van der Waals surface area contributed by atoms with Gasteiger partial charge in [-0.25, -0.2) is 4.99 Å². The van der Waals surface area contributed by atoms with Gasteiger partial charge in [0.1, 0.15) is 0 Å². The lowest BCUT2D eigenvalue weighted by atomic mass is 10.0. The fraction of sp³-hybridized carbons (Fsp3) is 0.125. The van der Waals surface area contributed by atoms with Gasteiger partial charge in [0.2, 0.25) is 0 Å². The lowest BCUT2D eigenvalue weighted by Gasteiger charge is -2.10. The number of nitrogens with zero attached hydrogens (tertiary/aromatic N) is 2. The third-order valence-electron chi connectivity index (χ3n) is 4.77. The second kappa shape index (κ2) is 8.52. The Labute approximate surface area is 185 Å². The monoisotopic (exact) mass is 437 g/mol. The number of halogens is 2. The van der Waals surface area contributed by atoms with Crippen LogP contribution in [0.5, 0.6) is 5.88 Å². The SMILES string of the molecule is CN(C)Cc1ccc(N=C(c2ccc(Cl)cc2)c2c(O)[nH]c3cc(Cl)ccc23)cc1. The highest BCUT2D eigenvalue weighted by Gasteiger charge is 2.19. The van der Waals surface area contributed by atoms with Crippen LogP contribution in [0.25, 0.3) is 10.9 Å². The molecule has 0 saturated carbocycles. The first-order chi connectivity index (χ1) is 14.4. The molecule has 0 spiro atoms. The van der Waals surface area contributed by atoms with E-state index < -0.39 is 0 Å². The lowest BCUT2D eigenvalue weighted by Crippen LogP contribution is -2.10. The normalized spacial score (nSPS) is 12.1. The predicted molar refractivity (Wildman–Crippen MR) is 126 cm³/mol. The first-order valence-corrected chi connectivity index (χ1v) is 10.2. The Bertz CT molecular complexity index is 1210. The van der Waals surface area contributed by atoms with Crippen LogP contribution in [0.15, 0.2) is 71.7 Å². The van der Waals surface area contributed by atoms with Crippen molar-refractivity contribution < 1.29 is 5.11 Å². The van der Waals surface area contributed by atoms with Gasteiger partial charge in [0, 0.05) is 27.5 Å². The average Bonchev–Trinajstić information content (AvgIpc) is 3.02. The van der Waals surface area contributed by atoms with E-state index in [0.717, 1.165) is 28.7 Å². The molecular formula is C24H21Cl2N3O. The van der Waals surface area contributed by atoms with Gasteiger partial charge in [0.25, 0.3) is 0 Å². The molecule has 30 heavy (non-hydrogen) atoms. The van der Waals surface area contributed by atoms with Crippen molar-refractivity contribution in [3.05, 3.63) is 93.5 Å². The zero-order chi connectivity index (χ0) is 21.3. The molecule has 1 heterocycles. The summed E-state index contributed by atoms with van der Waals surface area (Å²) in [5, 5.41) is 12.8. The highest BCUT2D eigenvalue weighted by molar-refractivity contribution is 6.32. The molecule has 0 aliphatic rings. The number of benzene rings is 3. The van der Waals surface area contributed by atoms with E-state index >= 15 is 0 Å². The first kappa shape index (κ1) is 20.5. The molecule has 0 fully saturated rings. The van der Waals surface area contributed by atoms with Gasteiger partial charge < -0.3 is 15.0 Å². The fourth-order valence-electron chi connectivity index (χ4n) is 3.44. The number of fused-ring (bicyclic) bond motifs is 1. The summed E-state index contributed by atoms with van der Waals surface area (Å²) in [6.07, 6.45) is 0. The number of hydrogen-bond donors (Lipinski definition) is 2. The number of rotatable bonds is 5. The average molecular weight is 438 g/mol. The molecule has 2 N–H and O–H groups in total. The van der Waals surface area contributed by atoms with Crippen molar-refractivity contribution in [3.63, 3.8) is 0 Å². The van der Waals surface area contributed by atoms with Gasteiger partial charge >= 0.3 is 0 Å². The van der Waals surface area contributed by atoms with Crippen molar-refractivity contribution in [2.75, 3.05) is 14.1 Å². The number of aromatic hydroxyl groups is 1. The third kappa shape index (κ3) is 4.36. The van der Waals surface area contributed by atoms with Crippen LogP contribution in [-0.4, -0.2) is 34.8 Å². The summed E-state index contributed by atoms with van der Waals surface area (Å²) < 4.78 is 0. The van der Waals surface area contributed by atoms with Crippen molar-refractivity contribution >= 4 is 45.5 Å². The lowest BCUT2D eigenvalue weighted by molar-refractivity contribution is 0.402. The van der Waals surface area contributed by atoms with Gasteiger partial charge in [-0.05, 0) is 56.1 Å². The second-order valence-electron chi connectivity index (χ2n) is 7.41. The summed E-state index contributed by atoms with van der Waals surface area (Å²) in [7, 11) is 4.08. The summed E-state index contributed by atoms with van der Waals surface area (Å²) in [5.74, 6) is 0.0465. The molecule has 3 aromatic carbocycles. The molecule has 0 radical (unpaired) electrons. The molecule has 4 nitrogen and oxygen atoms in total. The van der Waals surface area contributed by atoms with E-state index in [1.165, 1.54) is 5.56 Å². The number of nitrogens with one attached hydrogen (secondary N) is 1. The fourth-order valence-corrected chi connectivity index (χ4v) is 3.74. The molecule has 0 bridgehead atoms. The molecule has 0 aliphatic heterocycles. The molecule has 4 aromatic rings. The minimum Gasteiger partial charge on any atom is -0.494 e. The highest BCUT2D eigenvalue weighted by atomic mass is 35.5. The molecule has 0 atom stereocenters. The Kier molecular flexibility index (Phi) is 5.82. The molecule has 0 saturated heterocycles. The van der Waals surface area contributed by atoms with E-state index in [4.69, 9.17) is 28.2 Å². The van der Waals surface area contributed by atoms with Gasteiger partial charge in [0.05, 0.1) is 22.5 Å². The predicted octanol–water partition coefficient (Wildman–Crippen LogP) is 6.41. The van der Waals surface area contributed by atoms with Crippen molar-refractivity contribution in [2.45, 2.75) is 6.54 Å². The summed E-state index contributed by atoms with van der Waals surface area (Å²) >= 11 is 12.2. The third-order valence-corrected chi connectivity index (χ3v) is 5.26. The van der Waals surface area contributed by atoms with Crippen molar-refractivity contribution in [2.24, 2.45) is 4.99 Å². The van der Waals surface area contributed by atoms with Gasteiger partial charge in [-0.1, -0.05) is 53.5 Å². The van der Waals surface area contributed by atoms with Gasteiger partial charge in [-0.15, -0.1) is 0 Å². The van der Waals surface area contributed by atoms with Crippen LogP contribution in [0.2, 0.25) is 10.0 Å². The van der Waals surface area contributed by atoms with Crippen molar-refractivity contribution in [3.8, 4) is 5.88 Å². The quantitative estimate of drug-likeness (QED) is 0.354. The van der Waals surface area contributed by atoms with Gasteiger partial charge in [-0.2, -0.15) is 0 Å². The zero-order valence-electron chi connectivity index (χ0n) is 16.7. The summed E-state index contributed by atoms with van der Waals surface area (Å²) in [5.41, 5.74) is 4.88. The maximum Gasteiger partial charge on any atom is 0.199 e. The maximum atomic E-state index is 10.7. The van der Waals surface area contributed by atoms with Crippen LogP contribution in [0.4, 0.5) is 5.69 Å². The molecule has 6 heteroatoms. The van der Waals surface area contributed by atoms with E-state index in [1.807, 2.05) is 56.6 Å². The van der Waals surface area contributed by atoms with E-state index in [0.29, 0.717) is 21.3 Å². The topological polar surface area (TPSA) is 51.6 Å².